The number of rotatable bonds is 12. The van der Waals surface area contributed by atoms with Gasteiger partial charge in [0.2, 0.25) is 11.8 Å². The van der Waals surface area contributed by atoms with Gasteiger partial charge >= 0.3 is 6.18 Å². The second-order valence-electron chi connectivity index (χ2n) is 9.99. The number of benzene rings is 1. The Kier molecular flexibility index (Phi) is 9.80. The molecule has 212 valence electrons. The minimum absolute atomic E-state index is 0.0296. The second-order valence-corrected chi connectivity index (χ2v) is 9.99. The molecule has 4 atom stereocenters. The third-order valence-corrected chi connectivity index (χ3v) is 6.51. The monoisotopic (exact) mass is 550 g/mol. The molecule has 13 heteroatoms. The van der Waals surface area contributed by atoms with E-state index in [0.29, 0.717) is 29.6 Å². The molecule has 1 aliphatic rings. The van der Waals surface area contributed by atoms with Crippen LogP contribution >= 0.6 is 0 Å². The van der Waals surface area contributed by atoms with Crippen LogP contribution in [0.25, 0.3) is 10.9 Å². The van der Waals surface area contributed by atoms with Crippen molar-refractivity contribution in [2.24, 2.45) is 11.8 Å². The van der Waals surface area contributed by atoms with Crippen LogP contribution in [0.2, 0.25) is 0 Å². The van der Waals surface area contributed by atoms with Crippen molar-refractivity contribution in [3.05, 3.63) is 30.0 Å². The van der Waals surface area contributed by atoms with Crippen LogP contribution < -0.4 is 26.0 Å². The van der Waals surface area contributed by atoms with Gasteiger partial charge in [-0.2, -0.15) is 18.4 Å². The van der Waals surface area contributed by atoms with E-state index in [1.54, 1.807) is 30.3 Å². The molecule has 3 rings (SSSR count). The smallest absolute Gasteiger partial charge is 0.401 e. The molecule has 10 nitrogen and oxygen atoms in total. The molecule has 2 aromatic rings. The molecule has 0 aliphatic carbocycles. The normalized spacial score (nSPS) is 17.8. The molecule has 0 spiro atoms. The van der Waals surface area contributed by atoms with Crippen LogP contribution in [0.15, 0.2) is 24.3 Å². The van der Waals surface area contributed by atoms with Crippen molar-refractivity contribution in [3.63, 3.8) is 0 Å². The summed E-state index contributed by atoms with van der Waals surface area (Å²) >= 11 is 0. The van der Waals surface area contributed by atoms with Gasteiger partial charge in [-0.25, -0.2) is 0 Å². The van der Waals surface area contributed by atoms with Crippen molar-refractivity contribution in [3.8, 4) is 11.8 Å². The Balaban J connectivity index is 1.80. The summed E-state index contributed by atoms with van der Waals surface area (Å²) in [4.78, 5) is 41.6. The van der Waals surface area contributed by atoms with Gasteiger partial charge in [0.25, 0.3) is 5.91 Å². The van der Waals surface area contributed by atoms with Gasteiger partial charge in [0.1, 0.15) is 23.5 Å². The lowest BCUT2D eigenvalue weighted by Gasteiger charge is -2.29. The summed E-state index contributed by atoms with van der Waals surface area (Å²) in [6, 6.07) is 5.08. The predicted molar refractivity (Wildman–Crippen MR) is 137 cm³/mol. The number of fused-ring (bicyclic) bond motifs is 1. The predicted octanol–water partition coefficient (Wildman–Crippen LogP) is 2.38. The summed E-state index contributed by atoms with van der Waals surface area (Å²) < 4.78 is 43.9. The van der Waals surface area contributed by atoms with Gasteiger partial charge in [0.15, 0.2) is 0 Å². The Morgan fingerprint density at radius 2 is 2.00 bits per heavy atom. The third kappa shape index (κ3) is 8.10. The molecular formula is C26H33F3N6O4. The van der Waals surface area contributed by atoms with E-state index in [1.807, 2.05) is 13.8 Å². The Morgan fingerprint density at radius 1 is 1.26 bits per heavy atom. The summed E-state index contributed by atoms with van der Waals surface area (Å²) in [5, 5.41) is 20.4. The number of ether oxygens (including phenoxy) is 1. The molecule has 1 fully saturated rings. The number of hydrogen-bond donors (Lipinski definition) is 5. The molecule has 1 saturated heterocycles. The number of alkyl halides is 3. The maximum atomic E-state index is 13.4. The standard InChI is InChI=1S/C26H33F3N6O4/c1-14(2)9-19(35-25(38)20-11-16-17(33-20)5-4-6-22(16)39-3)24(37)34-18(10-15-7-8-31-23(15)36)21(12-30)32-13-26(27,28)29/h4-6,11,14-15,18-19,21,32-33H,7-10,13H2,1-3H3,(H,31,36)(H,34,37)(H,35,38). The molecule has 4 unspecified atom stereocenters. The number of amides is 3. The maximum Gasteiger partial charge on any atom is 0.401 e. The first-order valence-corrected chi connectivity index (χ1v) is 12.7. The van der Waals surface area contributed by atoms with E-state index in [0.717, 1.165) is 0 Å². The lowest BCUT2D eigenvalue weighted by molar-refractivity contribution is -0.128. The first-order chi connectivity index (χ1) is 18.4. The highest BCUT2D eigenvalue weighted by Crippen LogP contribution is 2.26. The maximum absolute atomic E-state index is 13.4. The summed E-state index contributed by atoms with van der Waals surface area (Å²) in [7, 11) is 1.51. The fourth-order valence-electron chi connectivity index (χ4n) is 4.61. The molecule has 0 bridgehead atoms. The molecule has 0 radical (unpaired) electrons. The molecule has 3 amide bonds. The highest BCUT2D eigenvalue weighted by atomic mass is 19.4. The largest absolute Gasteiger partial charge is 0.496 e. The van der Waals surface area contributed by atoms with Crippen LogP contribution in [0.5, 0.6) is 5.75 Å². The van der Waals surface area contributed by atoms with Crippen LogP contribution in [0, 0.1) is 23.2 Å². The van der Waals surface area contributed by atoms with Crippen molar-refractivity contribution in [1.29, 1.82) is 5.26 Å². The Labute approximate surface area is 224 Å². The lowest BCUT2D eigenvalue weighted by Crippen LogP contribution is -2.56. The number of nitrogens with one attached hydrogen (secondary N) is 5. The van der Waals surface area contributed by atoms with Crippen LogP contribution in [-0.2, 0) is 9.59 Å². The SMILES string of the molecule is COc1cccc2[nH]c(C(=O)NC(CC(C)C)C(=O)NC(CC3CCNC3=O)C(C#N)NCC(F)(F)F)cc12. The number of aromatic amines is 1. The Bertz CT molecular complexity index is 1220. The highest BCUT2D eigenvalue weighted by molar-refractivity contribution is 6.01. The van der Waals surface area contributed by atoms with Gasteiger partial charge in [0.05, 0.1) is 25.8 Å². The number of nitrogens with zero attached hydrogens (tertiary/aromatic N) is 1. The van der Waals surface area contributed by atoms with Crippen molar-refractivity contribution in [1.82, 2.24) is 26.3 Å². The van der Waals surface area contributed by atoms with E-state index < -0.39 is 48.6 Å². The van der Waals surface area contributed by atoms with E-state index in [4.69, 9.17) is 4.74 Å². The van der Waals surface area contributed by atoms with E-state index in [9.17, 15) is 32.8 Å². The summed E-state index contributed by atoms with van der Waals surface area (Å²) in [5.74, 6) is -1.55. The first-order valence-electron chi connectivity index (χ1n) is 12.7. The lowest BCUT2D eigenvalue weighted by atomic mass is 9.93. The zero-order valence-electron chi connectivity index (χ0n) is 21.9. The van der Waals surface area contributed by atoms with E-state index >= 15 is 0 Å². The Morgan fingerprint density at radius 3 is 2.59 bits per heavy atom. The fourth-order valence-corrected chi connectivity index (χ4v) is 4.61. The van der Waals surface area contributed by atoms with Gasteiger partial charge in [0, 0.05) is 23.4 Å². The van der Waals surface area contributed by atoms with Crippen LogP contribution in [0.3, 0.4) is 0 Å². The van der Waals surface area contributed by atoms with Crippen molar-refractivity contribution in [2.75, 3.05) is 20.2 Å². The average Bonchev–Trinajstić information content (AvgIpc) is 3.48. The molecule has 2 heterocycles. The molecule has 1 aromatic heterocycles. The zero-order chi connectivity index (χ0) is 28.7. The number of H-pyrrole nitrogens is 1. The van der Waals surface area contributed by atoms with E-state index in [2.05, 4.69) is 26.3 Å². The van der Waals surface area contributed by atoms with Gasteiger partial charge < -0.3 is 25.7 Å². The molecule has 0 saturated carbocycles. The van der Waals surface area contributed by atoms with E-state index in [1.165, 1.54) is 7.11 Å². The molecule has 5 N–H and O–H groups in total. The van der Waals surface area contributed by atoms with Crippen molar-refractivity contribution < 1.29 is 32.3 Å². The van der Waals surface area contributed by atoms with Gasteiger partial charge in [-0.3, -0.25) is 19.7 Å². The van der Waals surface area contributed by atoms with Crippen molar-refractivity contribution in [2.45, 2.75) is 57.4 Å². The average molecular weight is 551 g/mol. The third-order valence-electron chi connectivity index (χ3n) is 6.51. The van der Waals surface area contributed by atoms with Gasteiger partial charge in [-0.1, -0.05) is 19.9 Å². The number of aromatic nitrogens is 1. The molecular weight excluding hydrogens is 517 g/mol. The topological polar surface area (TPSA) is 148 Å². The molecule has 1 aliphatic heterocycles. The second kappa shape index (κ2) is 12.8. The molecule has 1 aromatic carbocycles. The van der Waals surface area contributed by atoms with Gasteiger partial charge in [-0.15, -0.1) is 0 Å². The summed E-state index contributed by atoms with van der Waals surface area (Å²) in [5.41, 5.74) is 0.851. The van der Waals surface area contributed by atoms with Crippen LogP contribution in [0.1, 0.15) is 43.6 Å². The minimum Gasteiger partial charge on any atom is -0.496 e. The number of carbonyl (C=O) groups is 3. The van der Waals surface area contributed by atoms with Crippen LogP contribution in [0.4, 0.5) is 13.2 Å². The summed E-state index contributed by atoms with van der Waals surface area (Å²) in [6.45, 7) is 2.66. The Hall–Kier alpha value is -3.79. The number of halogens is 3. The number of methoxy groups -OCH3 is 1. The quantitative estimate of drug-likeness (QED) is 0.274. The first kappa shape index (κ1) is 29.8. The number of carbonyl (C=O) groups excluding carboxylic acids is 3. The highest BCUT2D eigenvalue weighted by Gasteiger charge is 2.36. The number of nitriles is 1. The molecule has 39 heavy (non-hydrogen) atoms. The van der Waals surface area contributed by atoms with Gasteiger partial charge in [-0.05, 0) is 43.4 Å². The van der Waals surface area contributed by atoms with Crippen molar-refractivity contribution >= 4 is 28.6 Å². The fraction of sp³-hybridized carbons (Fsp3) is 0.538. The van der Waals surface area contributed by atoms with E-state index in [-0.39, 0.29) is 30.4 Å². The minimum atomic E-state index is -4.58. The summed E-state index contributed by atoms with van der Waals surface area (Å²) in [6.07, 6.45) is -3.96. The zero-order valence-corrected chi connectivity index (χ0v) is 21.9. The number of hydrogen-bond acceptors (Lipinski definition) is 6. The van der Waals surface area contributed by atoms with Crippen LogP contribution in [-0.4, -0.2) is 67.2 Å².